The van der Waals surface area contributed by atoms with Crippen LogP contribution in [0.1, 0.15) is 18.5 Å². The van der Waals surface area contributed by atoms with E-state index in [1.54, 1.807) is 12.1 Å². The van der Waals surface area contributed by atoms with Crippen molar-refractivity contribution in [2.75, 3.05) is 51.4 Å². The molecule has 2 aliphatic rings. The molecule has 2 saturated heterocycles. The monoisotopic (exact) mass is 462 g/mol. The lowest BCUT2D eigenvalue weighted by Gasteiger charge is -2.22. The Hall–Kier alpha value is -2.13. The molecular formula is C23H28ClFN4O3. The molecule has 2 aromatic rings. The topological polar surface area (TPSA) is 85.4 Å². The number of anilines is 1. The summed E-state index contributed by atoms with van der Waals surface area (Å²) in [5.41, 5.74) is 1.09. The predicted molar refractivity (Wildman–Crippen MR) is 120 cm³/mol. The molecule has 7 nitrogen and oxygen atoms in total. The van der Waals surface area contributed by atoms with Crippen LogP contribution in [0.4, 0.5) is 10.2 Å². The van der Waals surface area contributed by atoms with Gasteiger partial charge < -0.3 is 20.1 Å². The Bertz CT molecular complexity index is 931. The quantitative estimate of drug-likeness (QED) is 0.653. The molecule has 2 N–H and O–H groups in total. The summed E-state index contributed by atoms with van der Waals surface area (Å²) in [5.74, 6) is 0.406. The summed E-state index contributed by atoms with van der Waals surface area (Å²) in [6, 6.07) is 4.65. The first-order valence-electron chi connectivity index (χ1n) is 11.0. The van der Waals surface area contributed by atoms with Crippen LogP contribution in [0.3, 0.4) is 0 Å². The molecule has 4 heterocycles. The van der Waals surface area contributed by atoms with Gasteiger partial charge in [0.1, 0.15) is 23.1 Å². The van der Waals surface area contributed by atoms with Gasteiger partial charge in [-0.25, -0.2) is 9.37 Å². The van der Waals surface area contributed by atoms with Crippen molar-refractivity contribution >= 4 is 23.2 Å². The molecule has 0 radical (unpaired) electrons. The summed E-state index contributed by atoms with van der Waals surface area (Å²) in [6.45, 7) is 4.59. The van der Waals surface area contributed by atoms with Crippen LogP contribution in [-0.4, -0.2) is 61.8 Å². The van der Waals surface area contributed by atoms with Crippen molar-refractivity contribution in [1.29, 1.82) is 0 Å². The average Bonchev–Trinajstić information content (AvgIpc) is 3.10. The smallest absolute Gasteiger partial charge is 0.149 e. The first-order chi connectivity index (χ1) is 15.6. The number of nitrogens with zero attached hydrogens (tertiary/aromatic N) is 2. The van der Waals surface area contributed by atoms with E-state index in [0.29, 0.717) is 42.8 Å². The maximum atomic E-state index is 14.7. The highest BCUT2D eigenvalue weighted by molar-refractivity contribution is 6.33. The fraction of sp³-hybridized carbons (Fsp3) is 0.522. The molecular weight excluding hydrogens is 435 g/mol. The first-order valence-corrected chi connectivity index (χ1v) is 11.4. The number of ketones is 1. The van der Waals surface area contributed by atoms with Gasteiger partial charge in [0, 0.05) is 56.7 Å². The third kappa shape index (κ3) is 6.01. The number of hydrogen-bond acceptors (Lipinski definition) is 7. The summed E-state index contributed by atoms with van der Waals surface area (Å²) < 4.78 is 25.6. The third-order valence-corrected chi connectivity index (χ3v) is 6.17. The second-order valence-corrected chi connectivity index (χ2v) is 8.65. The molecule has 0 aromatic carbocycles. The zero-order valence-corrected chi connectivity index (χ0v) is 18.7. The van der Waals surface area contributed by atoms with E-state index in [1.165, 1.54) is 12.3 Å². The Morgan fingerprint density at radius 3 is 2.94 bits per heavy atom. The number of carbonyl (C=O) groups is 1. The Morgan fingerprint density at radius 2 is 2.09 bits per heavy atom. The molecule has 0 spiro atoms. The Kier molecular flexibility index (Phi) is 8.02. The van der Waals surface area contributed by atoms with Crippen LogP contribution in [0.5, 0.6) is 0 Å². The number of hydrogen-bond donors (Lipinski definition) is 2. The zero-order valence-electron chi connectivity index (χ0n) is 17.9. The zero-order chi connectivity index (χ0) is 22.3. The van der Waals surface area contributed by atoms with Gasteiger partial charge in [0.2, 0.25) is 0 Å². The van der Waals surface area contributed by atoms with Crippen LogP contribution < -0.4 is 10.6 Å². The molecule has 172 valence electrons. The lowest BCUT2D eigenvalue weighted by Crippen LogP contribution is -2.30. The minimum Gasteiger partial charge on any atom is -0.381 e. The molecule has 0 unspecified atom stereocenters. The maximum Gasteiger partial charge on any atom is 0.149 e. The van der Waals surface area contributed by atoms with Crippen LogP contribution >= 0.6 is 11.6 Å². The van der Waals surface area contributed by atoms with Crippen molar-refractivity contribution in [2.45, 2.75) is 19.3 Å². The number of halogens is 2. The number of Topliss-reactive ketones (excluding diaryl/α,β-unsaturated/α-hetero) is 1. The third-order valence-electron chi connectivity index (χ3n) is 5.87. The van der Waals surface area contributed by atoms with Crippen LogP contribution in [0.15, 0.2) is 24.4 Å². The van der Waals surface area contributed by atoms with Crippen LogP contribution in [0.25, 0.3) is 11.3 Å². The molecule has 9 heteroatoms. The highest BCUT2D eigenvalue weighted by Gasteiger charge is 2.22. The highest BCUT2D eigenvalue weighted by atomic mass is 35.5. The second kappa shape index (κ2) is 11.1. The fourth-order valence-electron chi connectivity index (χ4n) is 3.92. The molecule has 1 atom stereocenters. The fourth-order valence-corrected chi connectivity index (χ4v) is 4.12. The number of rotatable bonds is 7. The Labute approximate surface area is 192 Å². The van der Waals surface area contributed by atoms with Crippen LogP contribution in [0.2, 0.25) is 5.02 Å². The molecule has 2 aliphatic heterocycles. The maximum absolute atomic E-state index is 14.7. The van der Waals surface area contributed by atoms with Crippen molar-refractivity contribution < 1.29 is 18.7 Å². The summed E-state index contributed by atoms with van der Waals surface area (Å²) in [4.78, 5) is 21.5. The second-order valence-electron chi connectivity index (χ2n) is 8.24. The minimum atomic E-state index is -0.478. The number of pyridine rings is 2. The lowest BCUT2D eigenvalue weighted by atomic mass is 9.99. The molecule has 4 rings (SSSR count). The summed E-state index contributed by atoms with van der Waals surface area (Å²) in [5, 5.41) is 6.78. The molecule has 2 aromatic heterocycles. The van der Waals surface area contributed by atoms with Gasteiger partial charge in [0.25, 0.3) is 0 Å². The van der Waals surface area contributed by atoms with E-state index in [0.717, 1.165) is 39.1 Å². The van der Waals surface area contributed by atoms with Gasteiger partial charge in [-0.1, -0.05) is 11.6 Å². The molecule has 0 aliphatic carbocycles. The molecule has 2 fully saturated rings. The van der Waals surface area contributed by atoms with Gasteiger partial charge in [-0.15, -0.1) is 0 Å². The number of nitrogens with one attached hydrogen (secondary N) is 2. The van der Waals surface area contributed by atoms with E-state index in [4.69, 9.17) is 21.1 Å². The number of carbonyl (C=O) groups excluding carboxylic acids is 1. The molecule has 32 heavy (non-hydrogen) atoms. The molecule has 0 saturated carbocycles. The van der Waals surface area contributed by atoms with E-state index in [9.17, 15) is 9.18 Å². The molecule has 0 bridgehead atoms. The summed E-state index contributed by atoms with van der Waals surface area (Å²) in [7, 11) is 0. The van der Waals surface area contributed by atoms with Gasteiger partial charge in [0.15, 0.2) is 0 Å². The van der Waals surface area contributed by atoms with E-state index in [-0.39, 0.29) is 28.8 Å². The Morgan fingerprint density at radius 1 is 1.25 bits per heavy atom. The molecule has 0 amide bonds. The first kappa shape index (κ1) is 23.0. The van der Waals surface area contributed by atoms with Gasteiger partial charge in [-0.3, -0.25) is 9.78 Å². The van der Waals surface area contributed by atoms with Gasteiger partial charge >= 0.3 is 0 Å². The lowest BCUT2D eigenvalue weighted by molar-refractivity contribution is -0.123. The van der Waals surface area contributed by atoms with Crippen molar-refractivity contribution in [3.63, 3.8) is 0 Å². The van der Waals surface area contributed by atoms with E-state index >= 15 is 0 Å². The minimum absolute atomic E-state index is 0.0282. The standard InChI is InChI=1S/C23H28ClFN4O3/c24-19-13-27-17(10-21(30)16-12-26-5-8-32-14-16)9-18(19)23-20(25)1-2-22(29-23)28-11-15-3-6-31-7-4-15/h1-2,9,13,15-16,26H,3-8,10-12,14H2,(H,28,29)/t16-/m1/s1. The normalized spacial score (nSPS) is 20.0. The van der Waals surface area contributed by atoms with Gasteiger partial charge in [-0.2, -0.15) is 0 Å². The SMILES string of the molecule is O=C(Cc1cc(-c2nc(NCC3CCOCC3)ccc2F)c(Cl)cn1)[C@@H]1CNCCOC1. The van der Waals surface area contributed by atoms with Crippen molar-refractivity contribution in [3.05, 3.63) is 40.9 Å². The summed E-state index contributed by atoms with van der Waals surface area (Å²) in [6.07, 6.45) is 3.57. The predicted octanol–water partition coefficient (Wildman–Crippen LogP) is 3.12. The number of ether oxygens (including phenoxy) is 2. The van der Waals surface area contributed by atoms with Crippen molar-refractivity contribution in [2.24, 2.45) is 11.8 Å². The van der Waals surface area contributed by atoms with Crippen molar-refractivity contribution in [3.8, 4) is 11.3 Å². The van der Waals surface area contributed by atoms with Crippen molar-refractivity contribution in [1.82, 2.24) is 15.3 Å². The van der Waals surface area contributed by atoms with Gasteiger partial charge in [-0.05, 0) is 37.0 Å². The van der Waals surface area contributed by atoms with Gasteiger partial charge in [0.05, 0.1) is 24.2 Å². The van der Waals surface area contributed by atoms with E-state index in [1.807, 2.05) is 0 Å². The summed E-state index contributed by atoms with van der Waals surface area (Å²) >= 11 is 6.34. The van der Waals surface area contributed by atoms with E-state index < -0.39 is 5.82 Å². The average molecular weight is 463 g/mol. The number of aromatic nitrogens is 2. The van der Waals surface area contributed by atoms with E-state index in [2.05, 4.69) is 20.6 Å². The van der Waals surface area contributed by atoms with Crippen LogP contribution in [-0.2, 0) is 20.7 Å². The highest BCUT2D eigenvalue weighted by Crippen LogP contribution is 2.30. The van der Waals surface area contributed by atoms with Crippen LogP contribution in [0, 0.1) is 17.7 Å². The largest absolute Gasteiger partial charge is 0.381 e. The Balaban J connectivity index is 1.49.